The Morgan fingerprint density at radius 2 is 1.94 bits per heavy atom. The molecule has 1 unspecified atom stereocenters. The second-order valence-electron chi connectivity index (χ2n) is 3.69. The van der Waals surface area contributed by atoms with Crippen LogP contribution in [0.3, 0.4) is 0 Å². The SMILES string of the molecule is CCOC(=O)C(C)CNc1cc(F)cc(F)c1. The summed E-state index contributed by atoms with van der Waals surface area (Å²) in [5.41, 5.74) is 0.304. The van der Waals surface area contributed by atoms with Crippen molar-refractivity contribution in [2.75, 3.05) is 18.5 Å². The van der Waals surface area contributed by atoms with Crippen LogP contribution < -0.4 is 5.32 Å². The highest BCUT2D eigenvalue weighted by molar-refractivity contribution is 5.72. The molecule has 0 spiro atoms. The number of halogens is 2. The monoisotopic (exact) mass is 243 g/mol. The van der Waals surface area contributed by atoms with E-state index in [1.165, 1.54) is 12.1 Å². The zero-order valence-electron chi connectivity index (χ0n) is 9.80. The normalized spacial score (nSPS) is 12.0. The van der Waals surface area contributed by atoms with Crippen molar-refractivity contribution in [1.82, 2.24) is 0 Å². The van der Waals surface area contributed by atoms with Gasteiger partial charge in [-0.3, -0.25) is 4.79 Å². The van der Waals surface area contributed by atoms with Gasteiger partial charge in [-0.25, -0.2) is 8.78 Å². The summed E-state index contributed by atoms with van der Waals surface area (Å²) in [7, 11) is 0. The number of ether oxygens (including phenoxy) is 1. The first kappa shape index (κ1) is 13.4. The molecule has 1 aromatic rings. The third kappa shape index (κ3) is 4.38. The number of esters is 1. The molecular weight excluding hydrogens is 228 g/mol. The van der Waals surface area contributed by atoms with Crippen molar-refractivity contribution in [2.45, 2.75) is 13.8 Å². The van der Waals surface area contributed by atoms with Crippen LogP contribution in [-0.4, -0.2) is 19.1 Å². The minimum Gasteiger partial charge on any atom is -0.466 e. The number of carbonyl (C=O) groups excluding carboxylic acids is 1. The lowest BCUT2D eigenvalue weighted by Crippen LogP contribution is -2.22. The minimum atomic E-state index is -0.656. The number of benzene rings is 1. The van der Waals surface area contributed by atoms with E-state index < -0.39 is 11.6 Å². The molecule has 0 aliphatic carbocycles. The standard InChI is InChI=1S/C12H15F2NO2/c1-3-17-12(16)8(2)7-15-11-5-9(13)4-10(14)6-11/h4-6,8,15H,3,7H2,1-2H3. The molecule has 17 heavy (non-hydrogen) atoms. The number of hydrogen-bond donors (Lipinski definition) is 1. The van der Waals surface area contributed by atoms with E-state index in [0.717, 1.165) is 6.07 Å². The minimum absolute atomic E-state index is 0.266. The molecule has 0 heterocycles. The van der Waals surface area contributed by atoms with E-state index >= 15 is 0 Å². The predicted octanol–water partition coefficient (Wildman–Crippen LogP) is 2.58. The molecule has 0 radical (unpaired) electrons. The van der Waals surface area contributed by atoms with Crippen LogP contribution >= 0.6 is 0 Å². The van der Waals surface area contributed by atoms with E-state index in [2.05, 4.69) is 5.32 Å². The molecule has 1 atom stereocenters. The Bertz CT molecular complexity index is 376. The van der Waals surface area contributed by atoms with E-state index in [1.807, 2.05) is 0 Å². The van der Waals surface area contributed by atoms with Gasteiger partial charge in [-0.2, -0.15) is 0 Å². The molecule has 0 saturated heterocycles. The van der Waals surface area contributed by atoms with Gasteiger partial charge in [0.2, 0.25) is 0 Å². The summed E-state index contributed by atoms with van der Waals surface area (Å²) in [6, 6.07) is 3.13. The average molecular weight is 243 g/mol. The van der Waals surface area contributed by atoms with E-state index in [9.17, 15) is 13.6 Å². The molecule has 0 aliphatic rings. The highest BCUT2D eigenvalue weighted by atomic mass is 19.1. The second-order valence-corrected chi connectivity index (χ2v) is 3.69. The van der Waals surface area contributed by atoms with Crippen LogP contribution in [0.2, 0.25) is 0 Å². The summed E-state index contributed by atoms with van der Waals surface area (Å²) in [6.45, 7) is 3.99. The molecule has 0 saturated carbocycles. The smallest absolute Gasteiger partial charge is 0.310 e. The van der Waals surface area contributed by atoms with Gasteiger partial charge >= 0.3 is 5.97 Å². The zero-order chi connectivity index (χ0) is 12.8. The van der Waals surface area contributed by atoms with Crippen molar-refractivity contribution in [1.29, 1.82) is 0 Å². The molecule has 0 aliphatic heterocycles. The van der Waals surface area contributed by atoms with Gasteiger partial charge in [0.25, 0.3) is 0 Å². The molecular formula is C12H15F2NO2. The molecule has 1 aromatic carbocycles. The Labute approximate surface area is 98.8 Å². The van der Waals surface area contributed by atoms with Crippen LogP contribution in [0, 0.1) is 17.6 Å². The Balaban J connectivity index is 2.52. The van der Waals surface area contributed by atoms with Crippen molar-refractivity contribution in [2.24, 2.45) is 5.92 Å². The first-order chi connectivity index (χ1) is 8.02. The largest absolute Gasteiger partial charge is 0.466 e. The van der Waals surface area contributed by atoms with Crippen LogP contribution in [-0.2, 0) is 9.53 Å². The van der Waals surface area contributed by atoms with Gasteiger partial charge in [-0.05, 0) is 19.1 Å². The number of rotatable bonds is 5. The van der Waals surface area contributed by atoms with Crippen LogP contribution in [0.5, 0.6) is 0 Å². The maximum absolute atomic E-state index is 12.9. The number of anilines is 1. The van der Waals surface area contributed by atoms with E-state index in [-0.39, 0.29) is 18.4 Å². The molecule has 0 fully saturated rings. The third-order valence-corrected chi connectivity index (χ3v) is 2.16. The lowest BCUT2D eigenvalue weighted by atomic mass is 10.2. The van der Waals surface area contributed by atoms with Crippen molar-refractivity contribution in [3.8, 4) is 0 Å². The maximum atomic E-state index is 12.9. The van der Waals surface area contributed by atoms with E-state index in [4.69, 9.17) is 4.74 Å². The topological polar surface area (TPSA) is 38.3 Å². The zero-order valence-corrected chi connectivity index (χ0v) is 9.80. The summed E-state index contributed by atoms with van der Waals surface area (Å²) < 4.78 is 30.5. The predicted molar refractivity (Wildman–Crippen MR) is 60.6 cm³/mol. The molecule has 3 nitrogen and oxygen atoms in total. The molecule has 5 heteroatoms. The van der Waals surface area contributed by atoms with Gasteiger partial charge in [0.15, 0.2) is 0 Å². The third-order valence-electron chi connectivity index (χ3n) is 2.16. The molecule has 1 N–H and O–H groups in total. The lowest BCUT2D eigenvalue weighted by molar-refractivity contribution is -0.146. The summed E-state index contributed by atoms with van der Waals surface area (Å²) in [5.74, 6) is -2.02. The van der Waals surface area contributed by atoms with Crippen LogP contribution in [0.4, 0.5) is 14.5 Å². The molecule has 0 amide bonds. The fourth-order valence-electron chi connectivity index (χ4n) is 1.29. The fourth-order valence-corrected chi connectivity index (χ4v) is 1.29. The Morgan fingerprint density at radius 3 is 2.47 bits per heavy atom. The maximum Gasteiger partial charge on any atom is 0.310 e. The lowest BCUT2D eigenvalue weighted by Gasteiger charge is -2.12. The van der Waals surface area contributed by atoms with Crippen molar-refractivity contribution >= 4 is 11.7 Å². The molecule has 0 bridgehead atoms. The van der Waals surface area contributed by atoms with Gasteiger partial charge in [-0.1, -0.05) is 6.92 Å². The Kier molecular flexibility index (Phi) is 4.87. The highest BCUT2D eigenvalue weighted by Gasteiger charge is 2.13. The quantitative estimate of drug-likeness (QED) is 0.808. The fraction of sp³-hybridized carbons (Fsp3) is 0.417. The van der Waals surface area contributed by atoms with Gasteiger partial charge < -0.3 is 10.1 Å². The second kappa shape index (κ2) is 6.18. The number of nitrogens with one attached hydrogen (secondary N) is 1. The van der Waals surface area contributed by atoms with E-state index in [0.29, 0.717) is 12.3 Å². The van der Waals surface area contributed by atoms with Crippen molar-refractivity contribution < 1.29 is 18.3 Å². The summed E-state index contributed by atoms with van der Waals surface area (Å²) in [4.78, 5) is 11.3. The van der Waals surface area contributed by atoms with Crippen LogP contribution in [0.1, 0.15) is 13.8 Å². The van der Waals surface area contributed by atoms with Gasteiger partial charge in [0.05, 0.1) is 12.5 Å². The van der Waals surface area contributed by atoms with Gasteiger partial charge in [0.1, 0.15) is 11.6 Å². The Hall–Kier alpha value is -1.65. The summed E-state index contributed by atoms with van der Waals surface area (Å²) in [6.07, 6.45) is 0. The van der Waals surface area contributed by atoms with Crippen molar-refractivity contribution in [3.63, 3.8) is 0 Å². The van der Waals surface area contributed by atoms with Gasteiger partial charge in [0, 0.05) is 18.3 Å². The first-order valence-corrected chi connectivity index (χ1v) is 5.39. The highest BCUT2D eigenvalue weighted by Crippen LogP contribution is 2.13. The first-order valence-electron chi connectivity index (χ1n) is 5.39. The summed E-state index contributed by atoms with van der Waals surface area (Å²) >= 11 is 0. The molecule has 1 rings (SSSR count). The van der Waals surface area contributed by atoms with Crippen LogP contribution in [0.25, 0.3) is 0 Å². The number of carbonyl (C=O) groups is 1. The molecule has 0 aromatic heterocycles. The van der Waals surface area contributed by atoms with Crippen molar-refractivity contribution in [3.05, 3.63) is 29.8 Å². The average Bonchev–Trinajstić information content (AvgIpc) is 2.25. The van der Waals surface area contributed by atoms with Gasteiger partial charge in [-0.15, -0.1) is 0 Å². The Morgan fingerprint density at radius 1 is 1.35 bits per heavy atom. The van der Waals surface area contributed by atoms with E-state index in [1.54, 1.807) is 13.8 Å². The van der Waals surface area contributed by atoms with Crippen LogP contribution in [0.15, 0.2) is 18.2 Å². The molecule has 94 valence electrons. The summed E-state index contributed by atoms with van der Waals surface area (Å²) in [5, 5.41) is 2.78. The number of hydrogen-bond acceptors (Lipinski definition) is 3.